The Morgan fingerprint density at radius 2 is 1.65 bits per heavy atom. The highest BCUT2D eigenvalue weighted by Gasteiger charge is 2.17. The summed E-state index contributed by atoms with van der Waals surface area (Å²) in [7, 11) is 2.97. The van der Waals surface area contributed by atoms with Crippen LogP contribution in [0.4, 0.5) is 5.69 Å². The van der Waals surface area contributed by atoms with E-state index in [2.05, 4.69) is 16.0 Å². The maximum absolute atomic E-state index is 12.5. The summed E-state index contributed by atoms with van der Waals surface area (Å²) in [5, 5.41) is 8.47. The number of methoxy groups -OCH3 is 2. The van der Waals surface area contributed by atoms with Crippen LogP contribution in [0, 0.1) is 0 Å². The Morgan fingerprint density at radius 3 is 2.38 bits per heavy atom. The number of rotatable bonds is 11. The van der Waals surface area contributed by atoms with E-state index < -0.39 is 0 Å². The molecule has 182 valence electrons. The average molecular weight is 470 g/mol. The first-order chi connectivity index (χ1) is 16.5. The molecule has 0 aromatic heterocycles. The number of carbonyl (C=O) groups is 3. The van der Waals surface area contributed by atoms with Gasteiger partial charge in [-0.2, -0.15) is 0 Å². The number of nitrogens with one attached hydrogen (secondary N) is 3. The zero-order chi connectivity index (χ0) is 24.3. The van der Waals surface area contributed by atoms with Gasteiger partial charge in [0.2, 0.25) is 5.91 Å². The van der Waals surface area contributed by atoms with Crippen molar-refractivity contribution in [3.8, 4) is 17.2 Å². The van der Waals surface area contributed by atoms with Crippen molar-refractivity contribution >= 4 is 23.4 Å². The van der Waals surface area contributed by atoms with Gasteiger partial charge in [0.05, 0.1) is 19.9 Å². The highest BCUT2D eigenvalue weighted by Crippen LogP contribution is 2.28. The van der Waals surface area contributed by atoms with Gasteiger partial charge < -0.3 is 30.2 Å². The molecule has 34 heavy (non-hydrogen) atoms. The van der Waals surface area contributed by atoms with Crippen LogP contribution in [0.3, 0.4) is 0 Å². The van der Waals surface area contributed by atoms with Gasteiger partial charge in [-0.15, -0.1) is 0 Å². The van der Waals surface area contributed by atoms with Gasteiger partial charge in [-0.05, 0) is 43.2 Å². The second-order valence-corrected chi connectivity index (χ2v) is 7.96. The van der Waals surface area contributed by atoms with Crippen molar-refractivity contribution in [1.29, 1.82) is 0 Å². The molecule has 1 aliphatic rings. The van der Waals surface area contributed by atoms with Gasteiger partial charge in [-0.1, -0.05) is 25.0 Å². The van der Waals surface area contributed by atoms with E-state index in [1.165, 1.54) is 20.3 Å². The van der Waals surface area contributed by atoms with E-state index >= 15 is 0 Å². The van der Waals surface area contributed by atoms with Crippen LogP contribution in [0.2, 0.25) is 0 Å². The minimum Gasteiger partial charge on any atom is -0.495 e. The van der Waals surface area contributed by atoms with Gasteiger partial charge in [-0.25, -0.2) is 0 Å². The molecule has 1 aliphatic carbocycles. The lowest BCUT2D eigenvalue weighted by Crippen LogP contribution is -2.35. The molecular formula is C25H31N3O6. The molecule has 1 fully saturated rings. The molecule has 0 unspecified atom stereocenters. The maximum atomic E-state index is 12.5. The summed E-state index contributed by atoms with van der Waals surface area (Å²) in [4.78, 5) is 36.7. The third-order valence-electron chi connectivity index (χ3n) is 5.52. The van der Waals surface area contributed by atoms with Gasteiger partial charge in [0, 0.05) is 24.6 Å². The van der Waals surface area contributed by atoms with Crippen molar-refractivity contribution in [2.75, 3.05) is 32.7 Å². The smallest absolute Gasteiger partial charge is 0.262 e. The van der Waals surface area contributed by atoms with Crippen molar-refractivity contribution in [2.24, 2.45) is 0 Å². The number of benzene rings is 2. The van der Waals surface area contributed by atoms with Crippen LogP contribution in [-0.4, -0.2) is 51.1 Å². The van der Waals surface area contributed by atoms with E-state index in [1.807, 2.05) is 0 Å². The summed E-state index contributed by atoms with van der Waals surface area (Å²) in [5.74, 6) is 0.429. The fourth-order valence-electron chi connectivity index (χ4n) is 3.77. The van der Waals surface area contributed by atoms with E-state index in [-0.39, 0.29) is 43.3 Å². The molecule has 9 heteroatoms. The molecular weight excluding hydrogens is 438 g/mol. The Balaban J connectivity index is 1.48. The van der Waals surface area contributed by atoms with Gasteiger partial charge in [-0.3, -0.25) is 14.4 Å². The van der Waals surface area contributed by atoms with E-state index in [4.69, 9.17) is 14.2 Å². The number of para-hydroxylation sites is 2. The van der Waals surface area contributed by atoms with Crippen molar-refractivity contribution < 1.29 is 28.6 Å². The van der Waals surface area contributed by atoms with Crippen LogP contribution in [0.1, 0.15) is 42.5 Å². The Bertz CT molecular complexity index is 1000. The largest absolute Gasteiger partial charge is 0.495 e. The normalized spacial score (nSPS) is 13.1. The summed E-state index contributed by atoms with van der Waals surface area (Å²) in [6.07, 6.45) is 4.57. The van der Waals surface area contributed by atoms with Crippen molar-refractivity contribution in [2.45, 2.75) is 38.1 Å². The van der Waals surface area contributed by atoms with E-state index in [9.17, 15) is 14.4 Å². The highest BCUT2D eigenvalue weighted by molar-refractivity contribution is 5.95. The third-order valence-corrected chi connectivity index (χ3v) is 5.52. The second-order valence-electron chi connectivity index (χ2n) is 7.96. The number of carbonyl (C=O) groups excluding carboxylic acids is 3. The highest BCUT2D eigenvalue weighted by atomic mass is 16.5. The third kappa shape index (κ3) is 7.13. The summed E-state index contributed by atoms with van der Waals surface area (Å²) in [6.45, 7) is -0.0167. The first-order valence-corrected chi connectivity index (χ1v) is 11.3. The summed E-state index contributed by atoms with van der Waals surface area (Å²) < 4.78 is 16.1. The van der Waals surface area contributed by atoms with Gasteiger partial charge in [0.15, 0.2) is 18.1 Å². The summed E-state index contributed by atoms with van der Waals surface area (Å²) in [5.41, 5.74) is 0.897. The van der Waals surface area contributed by atoms with Crippen LogP contribution in [0.25, 0.3) is 0 Å². The van der Waals surface area contributed by atoms with Crippen LogP contribution in [-0.2, 0) is 9.59 Å². The number of hydrogen-bond acceptors (Lipinski definition) is 6. The lowest BCUT2D eigenvalue weighted by molar-refractivity contribution is -0.121. The Hall–Kier alpha value is -3.75. The van der Waals surface area contributed by atoms with Crippen molar-refractivity contribution in [1.82, 2.24) is 10.6 Å². The Kier molecular flexibility index (Phi) is 9.13. The quantitative estimate of drug-likeness (QED) is 0.466. The molecule has 0 atom stereocenters. The minimum absolute atomic E-state index is 0.0556. The lowest BCUT2D eigenvalue weighted by Gasteiger charge is -2.14. The fraction of sp³-hybridized carbons (Fsp3) is 0.400. The summed E-state index contributed by atoms with van der Waals surface area (Å²) >= 11 is 0. The number of ether oxygens (including phenoxy) is 3. The lowest BCUT2D eigenvalue weighted by atomic mass is 10.2. The first kappa shape index (κ1) is 24.9. The van der Waals surface area contributed by atoms with E-state index in [0.29, 0.717) is 28.5 Å². The molecule has 0 heterocycles. The van der Waals surface area contributed by atoms with Crippen LogP contribution in [0.5, 0.6) is 17.2 Å². The zero-order valence-electron chi connectivity index (χ0n) is 19.5. The molecule has 0 saturated heterocycles. The molecule has 3 amide bonds. The summed E-state index contributed by atoms with van der Waals surface area (Å²) in [6, 6.07) is 12.0. The molecule has 0 radical (unpaired) electrons. The Labute approximate surface area is 199 Å². The fourth-order valence-corrected chi connectivity index (χ4v) is 3.77. The number of anilines is 1. The van der Waals surface area contributed by atoms with Crippen LogP contribution < -0.4 is 30.2 Å². The molecule has 9 nitrogen and oxygen atoms in total. The van der Waals surface area contributed by atoms with Crippen molar-refractivity contribution in [3.05, 3.63) is 48.0 Å². The molecule has 3 N–H and O–H groups in total. The predicted octanol–water partition coefficient (Wildman–Crippen LogP) is 2.90. The second kappa shape index (κ2) is 12.5. The molecule has 2 aromatic rings. The maximum Gasteiger partial charge on any atom is 0.262 e. The van der Waals surface area contributed by atoms with Crippen LogP contribution >= 0.6 is 0 Å². The van der Waals surface area contributed by atoms with Crippen molar-refractivity contribution in [3.63, 3.8) is 0 Å². The SMILES string of the molecule is COc1ccccc1NC(=O)COc1ccc(C(=O)NCCC(=O)NC2CCCC2)cc1OC. The topological polar surface area (TPSA) is 115 Å². The predicted molar refractivity (Wildman–Crippen MR) is 127 cm³/mol. The molecule has 2 aromatic carbocycles. The van der Waals surface area contributed by atoms with Gasteiger partial charge >= 0.3 is 0 Å². The van der Waals surface area contributed by atoms with Gasteiger partial charge in [0.25, 0.3) is 11.8 Å². The Morgan fingerprint density at radius 1 is 0.912 bits per heavy atom. The monoisotopic (exact) mass is 469 g/mol. The molecule has 0 bridgehead atoms. The molecule has 3 rings (SSSR count). The van der Waals surface area contributed by atoms with Gasteiger partial charge in [0.1, 0.15) is 5.75 Å². The van der Waals surface area contributed by atoms with Crippen LogP contribution in [0.15, 0.2) is 42.5 Å². The number of hydrogen-bond donors (Lipinski definition) is 3. The molecule has 1 saturated carbocycles. The minimum atomic E-state index is -0.371. The van der Waals surface area contributed by atoms with E-state index in [1.54, 1.807) is 36.4 Å². The standard InChI is InChI=1S/C25H31N3O6/c1-32-20-10-6-5-9-19(20)28-24(30)16-34-21-12-11-17(15-22(21)33-2)25(31)26-14-13-23(29)27-18-7-3-4-8-18/h5-6,9-12,15,18H,3-4,7-8,13-14,16H2,1-2H3,(H,26,31)(H,27,29)(H,28,30). The zero-order valence-corrected chi connectivity index (χ0v) is 19.5. The molecule has 0 spiro atoms. The average Bonchev–Trinajstić information content (AvgIpc) is 3.35. The van der Waals surface area contributed by atoms with E-state index in [0.717, 1.165) is 25.7 Å². The first-order valence-electron chi connectivity index (χ1n) is 11.3. The molecule has 0 aliphatic heterocycles. The number of amides is 3.